The van der Waals surface area contributed by atoms with E-state index in [9.17, 15) is 0 Å². The van der Waals surface area contributed by atoms with Gasteiger partial charge in [0.05, 0.1) is 6.07 Å². The van der Waals surface area contributed by atoms with Crippen molar-refractivity contribution in [2.24, 2.45) is 5.73 Å². The number of nitriles is 1. The molecule has 0 heterocycles. The van der Waals surface area contributed by atoms with Gasteiger partial charge in [-0.05, 0) is 13.8 Å². The molecule has 2 N–H and O–H groups in total. The van der Waals surface area contributed by atoms with E-state index in [0.717, 1.165) is 13.1 Å². The van der Waals surface area contributed by atoms with E-state index >= 15 is 0 Å². The first-order valence-corrected chi connectivity index (χ1v) is 4.03. The fourth-order valence-electron chi connectivity index (χ4n) is 0.988. The number of hydrogen-bond donors (Lipinski definition) is 1. The van der Waals surface area contributed by atoms with Gasteiger partial charge in [-0.1, -0.05) is 0 Å². The molecule has 0 atom stereocenters. The Bertz CT molecular complexity index is 126. The average Bonchev–Trinajstić information content (AvgIpc) is 1.97. The fourth-order valence-corrected chi connectivity index (χ4v) is 0.988. The molecule has 0 fully saturated rings. The van der Waals surface area contributed by atoms with Crippen LogP contribution >= 0.6 is 0 Å². The van der Waals surface area contributed by atoms with E-state index in [0.29, 0.717) is 19.0 Å². The van der Waals surface area contributed by atoms with Gasteiger partial charge in [-0.25, -0.2) is 0 Å². The number of hydrogen-bond acceptors (Lipinski definition) is 3. The van der Waals surface area contributed by atoms with Crippen LogP contribution in [0.4, 0.5) is 0 Å². The first-order chi connectivity index (χ1) is 5.22. The van der Waals surface area contributed by atoms with Crippen LogP contribution in [0.25, 0.3) is 0 Å². The third-order valence-electron chi connectivity index (χ3n) is 1.66. The van der Waals surface area contributed by atoms with Gasteiger partial charge in [0, 0.05) is 32.1 Å². The molecule has 64 valence electrons. The normalized spacial score (nSPS) is 10.5. The average molecular weight is 155 g/mol. The van der Waals surface area contributed by atoms with E-state index in [1.807, 2.05) is 0 Å². The third kappa shape index (κ3) is 4.77. The first-order valence-electron chi connectivity index (χ1n) is 4.03. The van der Waals surface area contributed by atoms with E-state index in [1.54, 1.807) is 0 Å². The monoisotopic (exact) mass is 155 g/mol. The van der Waals surface area contributed by atoms with Crippen molar-refractivity contribution in [2.75, 3.05) is 19.6 Å². The molecular formula is C8H17N3. The molecule has 0 aromatic rings. The summed E-state index contributed by atoms with van der Waals surface area (Å²) >= 11 is 0. The van der Waals surface area contributed by atoms with Gasteiger partial charge >= 0.3 is 0 Å². The lowest BCUT2D eigenvalue weighted by Gasteiger charge is -2.24. The molecule has 0 amide bonds. The van der Waals surface area contributed by atoms with Gasteiger partial charge in [-0.2, -0.15) is 5.26 Å². The SMILES string of the molecule is CC(C)N(CCN)CCC#N. The lowest BCUT2D eigenvalue weighted by molar-refractivity contribution is 0.233. The topological polar surface area (TPSA) is 53.0 Å². The maximum Gasteiger partial charge on any atom is 0.0635 e. The minimum absolute atomic E-state index is 0.493. The summed E-state index contributed by atoms with van der Waals surface area (Å²) in [6.45, 7) is 6.63. The summed E-state index contributed by atoms with van der Waals surface area (Å²) in [6.07, 6.45) is 0.595. The number of rotatable bonds is 5. The van der Waals surface area contributed by atoms with Crippen molar-refractivity contribution in [2.45, 2.75) is 26.3 Å². The Morgan fingerprint density at radius 3 is 2.45 bits per heavy atom. The highest BCUT2D eigenvalue weighted by Crippen LogP contribution is 1.97. The van der Waals surface area contributed by atoms with Crippen molar-refractivity contribution >= 4 is 0 Å². The van der Waals surface area contributed by atoms with Gasteiger partial charge in [0.15, 0.2) is 0 Å². The maximum atomic E-state index is 8.36. The zero-order valence-corrected chi connectivity index (χ0v) is 7.38. The van der Waals surface area contributed by atoms with Crippen LogP contribution in [0.3, 0.4) is 0 Å². The Morgan fingerprint density at radius 2 is 2.09 bits per heavy atom. The predicted molar refractivity (Wildman–Crippen MR) is 46.0 cm³/mol. The summed E-state index contributed by atoms with van der Waals surface area (Å²) in [5.74, 6) is 0. The van der Waals surface area contributed by atoms with Gasteiger partial charge in [-0.15, -0.1) is 0 Å². The van der Waals surface area contributed by atoms with Gasteiger partial charge in [-0.3, -0.25) is 4.90 Å². The highest BCUT2D eigenvalue weighted by Gasteiger charge is 2.06. The highest BCUT2D eigenvalue weighted by molar-refractivity contribution is 4.73. The lowest BCUT2D eigenvalue weighted by atomic mass is 10.3. The standard InChI is InChI=1S/C8H17N3/c1-8(2)11(7-5-10)6-3-4-9/h8H,3,5-7,10H2,1-2H3. The van der Waals surface area contributed by atoms with Crippen LogP contribution in [0.5, 0.6) is 0 Å². The molecule has 0 aliphatic rings. The summed E-state index contributed by atoms with van der Waals surface area (Å²) in [7, 11) is 0. The molecule has 0 aromatic carbocycles. The van der Waals surface area contributed by atoms with E-state index < -0.39 is 0 Å². The van der Waals surface area contributed by atoms with Crippen LogP contribution in [0.2, 0.25) is 0 Å². The fraction of sp³-hybridized carbons (Fsp3) is 0.875. The third-order valence-corrected chi connectivity index (χ3v) is 1.66. The minimum atomic E-state index is 0.493. The van der Waals surface area contributed by atoms with Crippen LogP contribution < -0.4 is 5.73 Å². The number of nitrogens with two attached hydrogens (primary N) is 1. The molecule has 0 bridgehead atoms. The summed E-state index contributed by atoms with van der Waals surface area (Å²) in [6, 6.07) is 2.62. The Kier molecular flexibility index (Phi) is 5.81. The molecule has 0 aliphatic carbocycles. The van der Waals surface area contributed by atoms with E-state index in [-0.39, 0.29) is 0 Å². The van der Waals surface area contributed by atoms with Crippen LogP contribution in [-0.4, -0.2) is 30.6 Å². The van der Waals surface area contributed by atoms with Crippen molar-refractivity contribution < 1.29 is 0 Å². The van der Waals surface area contributed by atoms with Gasteiger partial charge in [0.1, 0.15) is 0 Å². The Labute approximate surface area is 68.8 Å². The summed E-state index contributed by atoms with van der Waals surface area (Å²) in [5.41, 5.74) is 5.41. The summed E-state index contributed by atoms with van der Waals surface area (Å²) in [5, 5.41) is 8.36. The van der Waals surface area contributed by atoms with Crippen molar-refractivity contribution in [3.63, 3.8) is 0 Å². The lowest BCUT2D eigenvalue weighted by Crippen LogP contribution is -2.35. The zero-order valence-electron chi connectivity index (χ0n) is 7.38. The van der Waals surface area contributed by atoms with Crippen molar-refractivity contribution in [3.05, 3.63) is 0 Å². The number of nitrogens with zero attached hydrogens (tertiary/aromatic N) is 2. The van der Waals surface area contributed by atoms with E-state index in [2.05, 4.69) is 24.8 Å². The molecular weight excluding hydrogens is 138 g/mol. The predicted octanol–water partition coefficient (Wildman–Crippen LogP) is 0.569. The van der Waals surface area contributed by atoms with Gasteiger partial charge in [0.25, 0.3) is 0 Å². The Balaban J connectivity index is 3.62. The quantitative estimate of drug-likeness (QED) is 0.631. The molecule has 3 nitrogen and oxygen atoms in total. The summed E-state index contributed by atoms with van der Waals surface area (Å²) in [4.78, 5) is 2.21. The molecule has 0 rings (SSSR count). The molecule has 0 spiro atoms. The highest BCUT2D eigenvalue weighted by atomic mass is 15.1. The first kappa shape index (κ1) is 10.4. The van der Waals surface area contributed by atoms with E-state index in [4.69, 9.17) is 11.0 Å². The summed E-state index contributed by atoms with van der Waals surface area (Å²) < 4.78 is 0. The molecule has 0 saturated carbocycles. The maximum absolute atomic E-state index is 8.36. The molecule has 3 heteroatoms. The largest absolute Gasteiger partial charge is 0.329 e. The van der Waals surface area contributed by atoms with Crippen LogP contribution in [0, 0.1) is 11.3 Å². The van der Waals surface area contributed by atoms with Crippen molar-refractivity contribution in [1.29, 1.82) is 5.26 Å². The Hall–Kier alpha value is -0.590. The second kappa shape index (κ2) is 6.14. The van der Waals surface area contributed by atoms with Crippen molar-refractivity contribution in [3.8, 4) is 6.07 Å². The smallest absolute Gasteiger partial charge is 0.0635 e. The molecule has 11 heavy (non-hydrogen) atoms. The van der Waals surface area contributed by atoms with Crippen molar-refractivity contribution in [1.82, 2.24) is 4.90 Å². The van der Waals surface area contributed by atoms with Crippen LogP contribution in [0.1, 0.15) is 20.3 Å². The zero-order chi connectivity index (χ0) is 8.69. The van der Waals surface area contributed by atoms with E-state index in [1.165, 1.54) is 0 Å². The molecule has 0 aromatic heterocycles. The van der Waals surface area contributed by atoms with Crippen LogP contribution in [-0.2, 0) is 0 Å². The van der Waals surface area contributed by atoms with Gasteiger partial charge in [0.2, 0.25) is 0 Å². The second-order valence-electron chi connectivity index (χ2n) is 2.83. The molecule has 0 aliphatic heterocycles. The van der Waals surface area contributed by atoms with Gasteiger partial charge < -0.3 is 5.73 Å². The minimum Gasteiger partial charge on any atom is -0.329 e. The second-order valence-corrected chi connectivity index (χ2v) is 2.83. The Morgan fingerprint density at radius 1 is 1.45 bits per heavy atom. The molecule has 0 radical (unpaired) electrons. The molecule has 0 unspecified atom stereocenters. The molecule has 0 saturated heterocycles. The van der Waals surface area contributed by atoms with Crippen LogP contribution in [0.15, 0.2) is 0 Å².